The van der Waals surface area contributed by atoms with Crippen molar-refractivity contribution in [3.05, 3.63) is 57.6 Å². The van der Waals surface area contributed by atoms with Crippen LogP contribution in [0, 0.1) is 10.1 Å². The number of phenols is 2. The summed E-state index contributed by atoms with van der Waals surface area (Å²) in [5.74, 6) is 0.0558. The van der Waals surface area contributed by atoms with Gasteiger partial charge in [-0.1, -0.05) is 0 Å². The van der Waals surface area contributed by atoms with Gasteiger partial charge in [-0.3, -0.25) is 15.1 Å². The third-order valence-electron chi connectivity index (χ3n) is 3.91. The van der Waals surface area contributed by atoms with E-state index in [-0.39, 0.29) is 23.7 Å². The fourth-order valence-electron chi connectivity index (χ4n) is 2.48. The summed E-state index contributed by atoms with van der Waals surface area (Å²) in [6.45, 7) is 5.85. The average molecular weight is 343 g/mol. The minimum Gasteiger partial charge on any atom is -0.508 e. The minimum atomic E-state index is -0.523. The van der Waals surface area contributed by atoms with Crippen LogP contribution in [0.2, 0.25) is 0 Å². The highest BCUT2D eigenvalue weighted by atomic mass is 16.6. The maximum Gasteiger partial charge on any atom is 0.270 e. The number of nitro groups is 1. The Morgan fingerprint density at radius 2 is 1.84 bits per heavy atom. The van der Waals surface area contributed by atoms with Crippen LogP contribution in [0.15, 0.2) is 41.4 Å². The van der Waals surface area contributed by atoms with Crippen LogP contribution in [0.5, 0.6) is 11.5 Å². The van der Waals surface area contributed by atoms with Crippen molar-refractivity contribution < 1.29 is 15.1 Å². The van der Waals surface area contributed by atoms with Crippen LogP contribution in [-0.4, -0.2) is 34.4 Å². The van der Waals surface area contributed by atoms with Crippen molar-refractivity contribution in [2.24, 2.45) is 4.99 Å². The van der Waals surface area contributed by atoms with Gasteiger partial charge in [0.05, 0.1) is 11.5 Å². The number of aromatic hydroxyl groups is 2. The van der Waals surface area contributed by atoms with Crippen LogP contribution in [0.25, 0.3) is 0 Å². The highest BCUT2D eigenvalue weighted by Gasteiger charge is 2.10. The third-order valence-corrected chi connectivity index (χ3v) is 3.91. The zero-order valence-corrected chi connectivity index (χ0v) is 14.2. The normalized spacial score (nSPS) is 11.0. The van der Waals surface area contributed by atoms with E-state index in [2.05, 4.69) is 9.89 Å². The lowest BCUT2D eigenvalue weighted by atomic mass is 10.1. The van der Waals surface area contributed by atoms with Crippen molar-refractivity contribution in [1.82, 2.24) is 0 Å². The maximum absolute atomic E-state index is 10.8. The Labute approximate surface area is 146 Å². The molecule has 7 heteroatoms. The van der Waals surface area contributed by atoms with Gasteiger partial charge < -0.3 is 15.1 Å². The van der Waals surface area contributed by atoms with Crippen molar-refractivity contribution >= 4 is 17.6 Å². The Kier molecular flexibility index (Phi) is 5.94. The van der Waals surface area contributed by atoms with Crippen LogP contribution >= 0.6 is 0 Å². The summed E-state index contributed by atoms with van der Waals surface area (Å²) in [6, 6.07) is 9.15. The zero-order chi connectivity index (χ0) is 18.4. The van der Waals surface area contributed by atoms with Gasteiger partial charge in [-0.25, -0.2) is 0 Å². The van der Waals surface area contributed by atoms with E-state index in [1.807, 2.05) is 19.9 Å². The fourth-order valence-corrected chi connectivity index (χ4v) is 2.48. The quantitative estimate of drug-likeness (QED) is 0.455. The molecule has 0 bridgehead atoms. The van der Waals surface area contributed by atoms with Crippen LogP contribution in [0.1, 0.15) is 25.0 Å². The predicted molar refractivity (Wildman–Crippen MR) is 97.7 cm³/mol. The van der Waals surface area contributed by atoms with Gasteiger partial charge in [-0.05, 0) is 32.0 Å². The average Bonchev–Trinajstić information content (AvgIpc) is 2.59. The Hall–Kier alpha value is -3.09. The van der Waals surface area contributed by atoms with Crippen LogP contribution < -0.4 is 4.90 Å². The molecule has 0 atom stereocenters. The lowest BCUT2D eigenvalue weighted by Gasteiger charge is -2.21. The first-order valence-electron chi connectivity index (χ1n) is 8.00. The molecule has 0 unspecified atom stereocenters. The lowest BCUT2D eigenvalue weighted by Crippen LogP contribution is -2.21. The predicted octanol–water partition coefficient (Wildman–Crippen LogP) is 3.47. The largest absolute Gasteiger partial charge is 0.508 e. The summed E-state index contributed by atoms with van der Waals surface area (Å²) in [5, 5.41) is 30.7. The molecule has 2 aromatic rings. The molecule has 132 valence electrons. The summed E-state index contributed by atoms with van der Waals surface area (Å²) in [7, 11) is 0. The summed E-state index contributed by atoms with van der Waals surface area (Å²) in [6.07, 6.45) is 1.49. The van der Waals surface area contributed by atoms with E-state index in [9.17, 15) is 20.3 Å². The molecular formula is C18H21N3O4. The number of hydrogen-bond acceptors (Lipinski definition) is 6. The van der Waals surface area contributed by atoms with Crippen molar-refractivity contribution in [3.8, 4) is 11.5 Å². The van der Waals surface area contributed by atoms with E-state index in [4.69, 9.17) is 0 Å². The lowest BCUT2D eigenvalue weighted by molar-refractivity contribution is -0.384. The summed E-state index contributed by atoms with van der Waals surface area (Å²) < 4.78 is 0. The number of anilines is 1. The molecule has 0 aliphatic rings. The minimum absolute atomic E-state index is 0.0520. The molecule has 25 heavy (non-hydrogen) atoms. The number of non-ortho nitro benzene ring substituents is 1. The number of hydrogen-bond donors (Lipinski definition) is 2. The van der Waals surface area contributed by atoms with Gasteiger partial charge in [-0.2, -0.15) is 0 Å². The molecule has 0 amide bonds. The highest BCUT2D eigenvalue weighted by molar-refractivity contribution is 5.84. The number of rotatable bonds is 7. The molecule has 2 rings (SSSR count). The summed E-state index contributed by atoms with van der Waals surface area (Å²) in [5.41, 5.74) is 1.72. The summed E-state index contributed by atoms with van der Waals surface area (Å²) in [4.78, 5) is 16.5. The monoisotopic (exact) mass is 343 g/mol. The van der Waals surface area contributed by atoms with Gasteiger partial charge in [0.1, 0.15) is 11.5 Å². The molecule has 0 saturated heterocycles. The molecule has 2 aromatic carbocycles. The van der Waals surface area contributed by atoms with Gasteiger partial charge in [0.2, 0.25) is 0 Å². The molecule has 0 aliphatic heterocycles. The van der Waals surface area contributed by atoms with Crippen molar-refractivity contribution in [2.75, 3.05) is 18.0 Å². The molecule has 0 radical (unpaired) electrons. The van der Waals surface area contributed by atoms with Crippen LogP contribution in [0.4, 0.5) is 11.4 Å². The van der Waals surface area contributed by atoms with Gasteiger partial charge >= 0.3 is 0 Å². The summed E-state index contributed by atoms with van der Waals surface area (Å²) >= 11 is 0. The molecule has 0 aliphatic carbocycles. The maximum atomic E-state index is 10.8. The standard InChI is InChI=1S/C18H21N3O4/c1-3-20(4-2)15-6-5-13(18(23)10-15)11-19-12-14-9-16(21(24)25)7-8-17(14)22/h5-11,22-23H,3-4,12H2,1-2H3. The molecule has 0 saturated carbocycles. The molecule has 0 spiro atoms. The van der Waals surface area contributed by atoms with Gasteiger partial charge in [0.25, 0.3) is 5.69 Å². The third kappa shape index (κ3) is 4.47. The second kappa shape index (κ2) is 8.14. The molecular weight excluding hydrogens is 322 g/mol. The smallest absolute Gasteiger partial charge is 0.270 e. The molecule has 2 N–H and O–H groups in total. The van der Waals surface area contributed by atoms with E-state index in [0.717, 1.165) is 18.8 Å². The van der Waals surface area contributed by atoms with Gasteiger partial charge in [-0.15, -0.1) is 0 Å². The highest BCUT2D eigenvalue weighted by Crippen LogP contribution is 2.25. The number of phenolic OH excluding ortho intramolecular Hbond substituents is 2. The Balaban J connectivity index is 2.15. The zero-order valence-electron chi connectivity index (χ0n) is 14.2. The number of benzene rings is 2. The molecule has 0 aromatic heterocycles. The second-order valence-corrected chi connectivity index (χ2v) is 5.46. The Bertz CT molecular complexity index is 786. The first-order valence-corrected chi connectivity index (χ1v) is 8.00. The van der Waals surface area contributed by atoms with Crippen LogP contribution in [-0.2, 0) is 6.54 Å². The Morgan fingerprint density at radius 3 is 2.44 bits per heavy atom. The number of nitrogens with zero attached hydrogens (tertiary/aromatic N) is 3. The fraction of sp³-hybridized carbons (Fsp3) is 0.278. The number of nitro benzene ring substituents is 1. The van der Waals surface area contributed by atoms with Crippen molar-refractivity contribution in [2.45, 2.75) is 20.4 Å². The van der Waals surface area contributed by atoms with Crippen LogP contribution in [0.3, 0.4) is 0 Å². The van der Waals surface area contributed by atoms with Gasteiger partial charge in [0.15, 0.2) is 0 Å². The van der Waals surface area contributed by atoms with E-state index >= 15 is 0 Å². The second-order valence-electron chi connectivity index (χ2n) is 5.46. The van der Waals surface area contributed by atoms with Gasteiger partial charge in [0, 0.05) is 54.3 Å². The molecule has 7 nitrogen and oxygen atoms in total. The SMILES string of the molecule is CCN(CC)c1ccc(C=NCc2cc([N+](=O)[O-])ccc2O)c(O)c1. The molecule has 0 heterocycles. The van der Waals surface area contributed by atoms with Crippen molar-refractivity contribution in [3.63, 3.8) is 0 Å². The van der Waals surface area contributed by atoms with Crippen molar-refractivity contribution in [1.29, 1.82) is 0 Å². The van der Waals surface area contributed by atoms with E-state index in [1.54, 1.807) is 12.1 Å². The molecule has 0 fully saturated rings. The van der Waals surface area contributed by atoms with E-state index < -0.39 is 4.92 Å². The first kappa shape index (κ1) is 18.3. The Morgan fingerprint density at radius 1 is 1.12 bits per heavy atom. The topological polar surface area (TPSA) is 99.2 Å². The number of aliphatic imine (C=N–C) groups is 1. The first-order chi connectivity index (χ1) is 12.0. The van der Waals surface area contributed by atoms with E-state index in [1.165, 1.54) is 24.4 Å². The van der Waals surface area contributed by atoms with E-state index in [0.29, 0.717) is 11.1 Å².